The van der Waals surface area contributed by atoms with Crippen LogP contribution in [-0.4, -0.2) is 22.8 Å². The van der Waals surface area contributed by atoms with Crippen LogP contribution in [0.5, 0.6) is 0 Å². The minimum absolute atomic E-state index is 0.218. The fourth-order valence-electron chi connectivity index (χ4n) is 3.36. The summed E-state index contributed by atoms with van der Waals surface area (Å²) in [4.78, 5) is 28.0. The highest BCUT2D eigenvalue weighted by Crippen LogP contribution is 2.34. The number of carbonyl (C=O) groups is 2. The Morgan fingerprint density at radius 1 is 1.24 bits per heavy atom. The van der Waals surface area contributed by atoms with E-state index in [0.29, 0.717) is 0 Å². The maximum atomic E-state index is 12.4. The van der Waals surface area contributed by atoms with Gasteiger partial charge in [0.15, 0.2) is 0 Å². The Hall–Kier alpha value is -3.08. The first-order valence-electron chi connectivity index (χ1n) is 9.88. The molecule has 1 fully saturated rings. The third-order valence-corrected chi connectivity index (χ3v) is 5.34. The number of benzene rings is 1. The van der Waals surface area contributed by atoms with Crippen LogP contribution in [0.15, 0.2) is 48.2 Å². The van der Waals surface area contributed by atoms with Crippen molar-refractivity contribution in [3.63, 3.8) is 0 Å². The van der Waals surface area contributed by atoms with Gasteiger partial charge in [0, 0.05) is 27.6 Å². The number of rotatable bonds is 5. The molecule has 0 spiro atoms. The number of nitrogens with one attached hydrogen (secondary N) is 3. The van der Waals surface area contributed by atoms with E-state index in [4.69, 9.17) is 0 Å². The van der Waals surface area contributed by atoms with E-state index in [2.05, 4.69) is 74.2 Å². The van der Waals surface area contributed by atoms with Crippen molar-refractivity contribution >= 4 is 28.8 Å². The lowest BCUT2D eigenvalue weighted by Crippen LogP contribution is -2.53. The Balaban J connectivity index is 2.15. The standard InChI is InChI=1S/C24H29N3O2/c1-7-24(5,6)21-18(13-20-23(29)25-15(4)22(28)27-20)17-11-10-16(9-8-14(2)3)12-19(17)26-21/h7-8,10-13,15,26H,1,9H2,2-6H3,(H,25,29)(H,27,28). The molecule has 3 N–H and O–H groups in total. The van der Waals surface area contributed by atoms with Crippen LogP contribution >= 0.6 is 0 Å². The second-order valence-corrected chi connectivity index (χ2v) is 8.45. The van der Waals surface area contributed by atoms with Gasteiger partial charge < -0.3 is 15.6 Å². The number of amides is 2. The van der Waals surface area contributed by atoms with Gasteiger partial charge in [0.05, 0.1) is 0 Å². The summed E-state index contributed by atoms with van der Waals surface area (Å²) >= 11 is 0. The Kier molecular flexibility index (Phi) is 5.51. The molecular weight excluding hydrogens is 362 g/mol. The number of hydrogen-bond acceptors (Lipinski definition) is 2. The molecule has 1 aliphatic heterocycles. The van der Waals surface area contributed by atoms with Crippen molar-refractivity contribution in [2.75, 3.05) is 0 Å². The number of carbonyl (C=O) groups excluding carboxylic acids is 2. The molecule has 0 saturated carbocycles. The quantitative estimate of drug-likeness (QED) is 0.530. The molecule has 3 rings (SSSR count). The highest BCUT2D eigenvalue weighted by atomic mass is 16.2. The van der Waals surface area contributed by atoms with Gasteiger partial charge in [0.25, 0.3) is 5.91 Å². The van der Waals surface area contributed by atoms with Gasteiger partial charge in [0.2, 0.25) is 5.91 Å². The van der Waals surface area contributed by atoms with Crippen molar-refractivity contribution in [3.8, 4) is 0 Å². The fraction of sp³-hybridized carbons (Fsp3) is 0.333. The van der Waals surface area contributed by atoms with Crippen molar-refractivity contribution in [1.29, 1.82) is 0 Å². The van der Waals surface area contributed by atoms with Crippen LogP contribution < -0.4 is 10.6 Å². The minimum Gasteiger partial charge on any atom is -0.357 e. The normalized spacial score (nSPS) is 18.5. The molecule has 5 nitrogen and oxygen atoms in total. The molecule has 1 atom stereocenters. The number of hydrogen-bond donors (Lipinski definition) is 3. The van der Waals surface area contributed by atoms with Gasteiger partial charge in [-0.1, -0.05) is 43.7 Å². The van der Waals surface area contributed by atoms with Crippen LogP contribution in [0.3, 0.4) is 0 Å². The largest absolute Gasteiger partial charge is 0.357 e. The number of aromatic nitrogens is 1. The number of aromatic amines is 1. The third-order valence-electron chi connectivity index (χ3n) is 5.34. The van der Waals surface area contributed by atoms with Gasteiger partial charge in [-0.3, -0.25) is 9.59 Å². The molecule has 2 aromatic rings. The Morgan fingerprint density at radius 3 is 2.62 bits per heavy atom. The van der Waals surface area contributed by atoms with Crippen LogP contribution in [-0.2, 0) is 21.4 Å². The van der Waals surface area contributed by atoms with Gasteiger partial charge in [-0.2, -0.15) is 0 Å². The average Bonchev–Trinajstić information content (AvgIpc) is 3.03. The minimum atomic E-state index is -0.538. The first-order valence-corrected chi connectivity index (χ1v) is 9.88. The van der Waals surface area contributed by atoms with Crippen molar-refractivity contribution in [3.05, 3.63) is 65.0 Å². The lowest BCUT2D eigenvalue weighted by atomic mass is 9.86. The van der Waals surface area contributed by atoms with E-state index in [9.17, 15) is 9.59 Å². The molecule has 1 aromatic heterocycles. The topological polar surface area (TPSA) is 74.0 Å². The summed E-state index contributed by atoms with van der Waals surface area (Å²) in [5.74, 6) is -0.502. The maximum absolute atomic E-state index is 12.4. The molecule has 1 saturated heterocycles. The van der Waals surface area contributed by atoms with Crippen molar-refractivity contribution < 1.29 is 9.59 Å². The van der Waals surface area contributed by atoms with Gasteiger partial charge in [-0.25, -0.2) is 0 Å². The zero-order valence-corrected chi connectivity index (χ0v) is 17.8. The molecule has 1 aliphatic rings. The third kappa shape index (κ3) is 4.19. The zero-order valence-electron chi connectivity index (χ0n) is 17.8. The fourth-order valence-corrected chi connectivity index (χ4v) is 3.36. The van der Waals surface area contributed by atoms with Crippen LogP contribution in [0, 0.1) is 0 Å². The molecule has 0 aliphatic carbocycles. The molecule has 2 heterocycles. The lowest BCUT2D eigenvalue weighted by molar-refractivity contribution is -0.130. The van der Waals surface area contributed by atoms with Crippen LogP contribution in [0.25, 0.3) is 17.0 Å². The number of allylic oxidation sites excluding steroid dienone is 3. The van der Waals surface area contributed by atoms with E-state index in [1.807, 2.05) is 6.08 Å². The molecule has 152 valence electrons. The van der Waals surface area contributed by atoms with Crippen LogP contribution in [0.4, 0.5) is 0 Å². The van der Waals surface area contributed by atoms with Gasteiger partial charge in [-0.15, -0.1) is 6.58 Å². The summed E-state index contributed by atoms with van der Waals surface area (Å²) in [6.07, 6.45) is 6.70. The number of H-pyrrole nitrogens is 1. The molecule has 5 heteroatoms. The van der Waals surface area contributed by atoms with E-state index in [-0.39, 0.29) is 22.9 Å². The molecule has 1 aromatic carbocycles. The van der Waals surface area contributed by atoms with E-state index in [1.165, 1.54) is 11.1 Å². The van der Waals surface area contributed by atoms with E-state index >= 15 is 0 Å². The second-order valence-electron chi connectivity index (χ2n) is 8.45. The van der Waals surface area contributed by atoms with E-state index in [0.717, 1.165) is 28.6 Å². The summed E-state index contributed by atoms with van der Waals surface area (Å²) in [5, 5.41) is 6.42. The van der Waals surface area contributed by atoms with E-state index < -0.39 is 6.04 Å². The summed E-state index contributed by atoms with van der Waals surface area (Å²) in [5.41, 5.74) is 5.24. The van der Waals surface area contributed by atoms with Crippen molar-refractivity contribution in [2.45, 2.75) is 52.5 Å². The second kappa shape index (κ2) is 7.74. The molecule has 29 heavy (non-hydrogen) atoms. The lowest BCUT2D eigenvalue weighted by Gasteiger charge is -2.23. The zero-order chi connectivity index (χ0) is 21.3. The van der Waals surface area contributed by atoms with Crippen molar-refractivity contribution in [1.82, 2.24) is 15.6 Å². The van der Waals surface area contributed by atoms with Gasteiger partial charge in [0.1, 0.15) is 11.7 Å². The average molecular weight is 392 g/mol. The Bertz CT molecular complexity index is 1050. The summed E-state index contributed by atoms with van der Waals surface area (Å²) in [7, 11) is 0. The van der Waals surface area contributed by atoms with E-state index in [1.54, 1.807) is 13.0 Å². The predicted octanol–water partition coefficient (Wildman–Crippen LogP) is 4.12. The van der Waals surface area contributed by atoms with Crippen LogP contribution in [0.1, 0.15) is 51.4 Å². The number of piperazine rings is 1. The summed E-state index contributed by atoms with van der Waals surface area (Å²) < 4.78 is 0. The maximum Gasteiger partial charge on any atom is 0.268 e. The molecule has 1 unspecified atom stereocenters. The highest BCUT2D eigenvalue weighted by molar-refractivity contribution is 6.08. The highest BCUT2D eigenvalue weighted by Gasteiger charge is 2.28. The van der Waals surface area contributed by atoms with Gasteiger partial charge >= 0.3 is 0 Å². The summed E-state index contributed by atoms with van der Waals surface area (Å²) in [6, 6.07) is 5.77. The first-order chi connectivity index (χ1) is 13.6. The first kappa shape index (κ1) is 20.6. The van der Waals surface area contributed by atoms with Crippen LogP contribution in [0.2, 0.25) is 0 Å². The monoisotopic (exact) mass is 391 g/mol. The van der Waals surface area contributed by atoms with Crippen molar-refractivity contribution in [2.24, 2.45) is 0 Å². The Morgan fingerprint density at radius 2 is 1.97 bits per heavy atom. The molecular formula is C24H29N3O2. The SMILES string of the molecule is C=CC(C)(C)c1[nH]c2cc(CC=C(C)C)ccc2c1C=C1NC(=O)C(C)NC1=O. The Labute approximate surface area is 172 Å². The molecule has 0 bridgehead atoms. The summed E-state index contributed by atoms with van der Waals surface area (Å²) in [6.45, 7) is 14.0. The number of fused-ring (bicyclic) bond motifs is 1. The molecule has 0 radical (unpaired) electrons. The molecule has 2 amide bonds. The predicted molar refractivity (Wildman–Crippen MR) is 118 cm³/mol. The van der Waals surface area contributed by atoms with Gasteiger partial charge in [-0.05, 0) is 44.9 Å². The smallest absolute Gasteiger partial charge is 0.268 e.